The lowest BCUT2D eigenvalue weighted by molar-refractivity contribution is 0.413. The average Bonchev–Trinajstić information content (AvgIpc) is 2.95. The van der Waals surface area contributed by atoms with E-state index in [2.05, 4.69) is 10.3 Å². The topological polar surface area (TPSA) is 74.9 Å². The summed E-state index contributed by atoms with van der Waals surface area (Å²) in [6, 6.07) is 9.89. The zero-order valence-electron chi connectivity index (χ0n) is 16.7. The molecule has 0 saturated heterocycles. The van der Waals surface area contributed by atoms with Crippen molar-refractivity contribution in [2.24, 2.45) is 4.99 Å². The van der Waals surface area contributed by atoms with E-state index < -0.39 is 14.6 Å². The standard InChI is InChI=1S/C19H29N3O3S.HI/c1-6-20-18(21-11-12-26(23,24)19(2,3)4)22(5)14-16-13-15-9-7-8-10-17(15)25-16;/h7-10,13H,6,11-12,14H2,1-5H3,(H,20,21);1H. The Bertz CT molecular complexity index is 837. The molecule has 0 amide bonds. The van der Waals surface area contributed by atoms with Crippen LogP contribution in [0.15, 0.2) is 39.7 Å². The number of para-hydroxylation sites is 1. The fraction of sp³-hybridized carbons (Fsp3) is 0.526. The largest absolute Gasteiger partial charge is 0.459 e. The molecule has 0 aliphatic carbocycles. The number of fused-ring (bicyclic) bond motifs is 1. The molecule has 0 radical (unpaired) electrons. The lowest BCUT2D eigenvalue weighted by Crippen LogP contribution is -2.39. The molecule has 0 spiro atoms. The van der Waals surface area contributed by atoms with Crippen LogP contribution in [0.4, 0.5) is 0 Å². The van der Waals surface area contributed by atoms with Gasteiger partial charge in [-0.2, -0.15) is 0 Å². The predicted molar refractivity (Wildman–Crippen MR) is 123 cm³/mol. The highest BCUT2D eigenvalue weighted by atomic mass is 127. The molecule has 0 aliphatic rings. The van der Waals surface area contributed by atoms with E-state index >= 15 is 0 Å². The SMILES string of the molecule is CCNC(=NCCS(=O)(=O)C(C)(C)C)N(C)Cc1cc2ccccc2o1.I. The highest BCUT2D eigenvalue weighted by molar-refractivity contribution is 14.0. The summed E-state index contributed by atoms with van der Waals surface area (Å²) in [6.45, 7) is 8.60. The first-order chi connectivity index (χ1) is 12.1. The van der Waals surface area contributed by atoms with Crippen molar-refractivity contribution in [2.75, 3.05) is 25.9 Å². The van der Waals surface area contributed by atoms with Crippen molar-refractivity contribution in [2.45, 2.75) is 39.0 Å². The summed E-state index contributed by atoms with van der Waals surface area (Å²) < 4.78 is 29.6. The van der Waals surface area contributed by atoms with Crippen molar-refractivity contribution in [3.8, 4) is 0 Å². The van der Waals surface area contributed by atoms with E-state index in [1.54, 1.807) is 20.8 Å². The zero-order chi connectivity index (χ0) is 19.4. The fourth-order valence-corrected chi connectivity index (χ4v) is 3.42. The van der Waals surface area contributed by atoms with Crippen LogP contribution in [0.25, 0.3) is 11.0 Å². The van der Waals surface area contributed by atoms with Crippen LogP contribution in [0.3, 0.4) is 0 Å². The summed E-state index contributed by atoms with van der Waals surface area (Å²) in [5.41, 5.74) is 0.856. The summed E-state index contributed by atoms with van der Waals surface area (Å²) in [4.78, 5) is 6.41. The van der Waals surface area contributed by atoms with Gasteiger partial charge in [0.1, 0.15) is 11.3 Å². The molecule has 1 N–H and O–H groups in total. The van der Waals surface area contributed by atoms with Crippen molar-refractivity contribution in [3.05, 3.63) is 36.1 Å². The Labute approximate surface area is 179 Å². The first kappa shape index (κ1) is 23.7. The molecule has 0 atom stereocenters. The van der Waals surface area contributed by atoms with E-state index in [-0.39, 0.29) is 36.3 Å². The second-order valence-electron chi connectivity index (χ2n) is 7.27. The van der Waals surface area contributed by atoms with E-state index in [4.69, 9.17) is 4.42 Å². The van der Waals surface area contributed by atoms with Gasteiger partial charge < -0.3 is 14.6 Å². The number of nitrogens with one attached hydrogen (secondary N) is 1. The van der Waals surface area contributed by atoms with E-state index in [9.17, 15) is 8.42 Å². The van der Waals surface area contributed by atoms with Crippen molar-refractivity contribution in [1.29, 1.82) is 0 Å². The van der Waals surface area contributed by atoms with Crippen LogP contribution in [0, 0.1) is 0 Å². The summed E-state index contributed by atoms with van der Waals surface area (Å²) in [5, 5.41) is 4.26. The first-order valence-electron chi connectivity index (χ1n) is 8.83. The number of benzene rings is 1. The van der Waals surface area contributed by atoms with E-state index in [1.807, 2.05) is 49.2 Å². The van der Waals surface area contributed by atoms with Crippen LogP contribution in [0.5, 0.6) is 0 Å². The van der Waals surface area contributed by atoms with Crippen LogP contribution in [-0.2, 0) is 16.4 Å². The quantitative estimate of drug-likeness (QED) is 0.367. The third-order valence-corrected chi connectivity index (χ3v) is 6.71. The minimum absolute atomic E-state index is 0. The van der Waals surface area contributed by atoms with Gasteiger partial charge in [-0.15, -0.1) is 24.0 Å². The minimum atomic E-state index is -3.18. The second-order valence-corrected chi connectivity index (χ2v) is 10.1. The van der Waals surface area contributed by atoms with Gasteiger partial charge in [-0.05, 0) is 39.8 Å². The van der Waals surface area contributed by atoms with Gasteiger partial charge in [0.2, 0.25) is 0 Å². The van der Waals surface area contributed by atoms with Crippen LogP contribution in [0.2, 0.25) is 0 Å². The molecular weight excluding hydrogens is 477 g/mol. The number of rotatable bonds is 6. The first-order valence-corrected chi connectivity index (χ1v) is 10.5. The summed E-state index contributed by atoms with van der Waals surface area (Å²) in [5.74, 6) is 1.53. The Morgan fingerprint density at radius 1 is 1.26 bits per heavy atom. The Morgan fingerprint density at radius 2 is 1.93 bits per heavy atom. The average molecular weight is 507 g/mol. The van der Waals surface area contributed by atoms with Crippen molar-refractivity contribution < 1.29 is 12.8 Å². The van der Waals surface area contributed by atoms with Crippen LogP contribution in [-0.4, -0.2) is 49.9 Å². The van der Waals surface area contributed by atoms with Gasteiger partial charge in [-0.25, -0.2) is 8.42 Å². The molecule has 2 rings (SSSR count). The van der Waals surface area contributed by atoms with Crippen molar-refractivity contribution in [1.82, 2.24) is 10.2 Å². The number of aliphatic imine (C=N–C) groups is 1. The normalized spacial score (nSPS) is 12.7. The molecule has 1 aromatic carbocycles. The molecule has 0 fully saturated rings. The van der Waals surface area contributed by atoms with Crippen LogP contribution >= 0.6 is 24.0 Å². The number of halogens is 1. The van der Waals surface area contributed by atoms with Gasteiger partial charge in [0, 0.05) is 19.0 Å². The molecule has 6 nitrogen and oxygen atoms in total. The minimum Gasteiger partial charge on any atom is -0.459 e. The third-order valence-electron chi connectivity index (χ3n) is 4.12. The van der Waals surface area contributed by atoms with E-state index in [0.29, 0.717) is 19.0 Å². The Balaban J connectivity index is 0.00000364. The van der Waals surface area contributed by atoms with Gasteiger partial charge in [-0.1, -0.05) is 18.2 Å². The maximum atomic E-state index is 12.2. The second kappa shape index (κ2) is 9.77. The number of hydrogen-bond acceptors (Lipinski definition) is 4. The van der Waals surface area contributed by atoms with Crippen molar-refractivity contribution >= 4 is 50.7 Å². The fourth-order valence-electron chi connectivity index (χ4n) is 2.47. The molecule has 0 saturated carbocycles. The highest BCUT2D eigenvalue weighted by Crippen LogP contribution is 2.20. The molecular formula is C19H30IN3O3S. The molecule has 152 valence electrons. The Hall–Kier alpha value is -1.29. The number of guanidine groups is 1. The Morgan fingerprint density at radius 3 is 2.52 bits per heavy atom. The maximum Gasteiger partial charge on any atom is 0.194 e. The van der Waals surface area contributed by atoms with Crippen LogP contribution < -0.4 is 5.32 Å². The molecule has 1 heterocycles. The molecule has 0 bridgehead atoms. The maximum absolute atomic E-state index is 12.2. The number of hydrogen-bond donors (Lipinski definition) is 1. The summed E-state index contributed by atoms with van der Waals surface area (Å²) >= 11 is 0. The molecule has 0 unspecified atom stereocenters. The Kier molecular flexibility index (Phi) is 8.59. The van der Waals surface area contributed by atoms with Gasteiger partial charge in [0.25, 0.3) is 0 Å². The lowest BCUT2D eigenvalue weighted by atomic mass is 10.2. The molecule has 27 heavy (non-hydrogen) atoms. The van der Waals surface area contributed by atoms with Gasteiger partial charge in [-0.3, -0.25) is 4.99 Å². The lowest BCUT2D eigenvalue weighted by Gasteiger charge is -2.22. The molecule has 2 aromatic rings. The molecule has 8 heteroatoms. The number of furan rings is 1. The van der Waals surface area contributed by atoms with Gasteiger partial charge in [0.15, 0.2) is 15.8 Å². The van der Waals surface area contributed by atoms with Gasteiger partial charge >= 0.3 is 0 Å². The number of sulfone groups is 1. The molecule has 1 aromatic heterocycles. The third kappa shape index (κ3) is 6.38. The van der Waals surface area contributed by atoms with Crippen LogP contribution in [0.1, 0.15) is 33.5 Å². The zero-order valence-corrected chi connectivity index (χ0v) is 19.8. The van der Waals surface area contributed by atoms with Gasteiger partial charge in [0.05, 0.1) is 23.6 Å². The smallest absolute Gasteiger partial charge is 0.194 e. The highest BCUT2D eigenvalue weighted by Gasteiger charge is 2.28. The van der Waals surface area contributed by atoms with E-state index in [1.165, 1.54) is 0 Å². The monoisotopic (exact) mass is 507 g/mol. The van der Waals surface area contributed by atoms with E-state index in [0.717, 1.165) is 16.7 Å². The number of nitrogens with zero attached hydrogens (tertiary/aromatic N) is 2. The summed E-state index contributed by atoms with van der Waals surface area (Å²) in [7, 11) is -1.27. The summed E-state index contributed by atoms with van der Waals surface area (Å²) in [6.07, 6.45) is 0. The van der Waals surface area contributed by atoms with Crippen molar-refractivity contribution in [3.63, 3.8) is 0 Å². The predicted octanol–water partition coefficient (Wildman–Crippen LogP) is 3.66. The molecule has 0 aliphatic heterocycles.